The van der Waals surface area contributed by atoms with Crippen LogP contribution in [0.5, 0.6) is 0 Å². The van der Waals surface area contributed by atoms with Crippen LogP contribution < -0.4 is 5.32 Å². The minimum Gasteiger partial charge on any atom is -0.381 e. The molecule has 2 aliphatic rings. The Bertz CT molecular complexity index is 243. The molecule has 1 aliphatic heterocycles. The summed E-state index contributed by atoms with van der Waals surface area (Å²) >= 11 is 0. The van der Waals surface area contributed by atoms with Crippen LogP contribution in [0.4, 0.5) is 0 Å². The zero-order valence-electron chi connectivity index (χ0n) is 10.2. The highest BCUT2D eigenvalue weighted by Crippen LogP contribution is 2.24. The van der Waals surface area contributed by atoms with Crippen LogP contribution in [0, 0.1) is 5.92 Å². The van der Waals surface area contributed by atoms with Crippen molar-refractivity contribution in [2.75, 3.05) is 27.2 Å². The normalized spacial score (nSPS) is 32.1. The molecule has 1 N–H and O–H groups in total. The Labute approximate surface area is 97.3 Å². The number of nitrogens with one attached hydrogen (secondary N) is 1. The van der Waals surface area contributed by atoms with E-state index in [-0.39, 0.29) is 11.8 Å². The molecule has 16 heavy (non-hydrogen) atoms. The van der Waals surface area contributed by atoms with Gasteiger partial charge >= 0.3 is 0 Å². The van der Waals surface area contributed by atoms with Gasteiger partial charge in [0.2, 0.25) is 5.91 Å². The van der Waals surface area contributed by atoms with Crippen molar-refractivity contribution in [3.05, 3.63) is 0 Å². The third-order valence-corrected chi connectivity index (χ3v) is 3.86. The molecule has 2 rings (SSSR count). The number of ether oxygens (including phenoxy) is 1. The third-order valence-electron chi connectivity index (χ3n) is 3.86. The molecule has 1 saturated carbocycles. The molecule has 1 saturated heterocycles. The first-order valence-electron chi connectivity index (χ1n) is 6.20. The SMILES string of the molecule is COC1CC(NC(=O)C2CCN(C)CC2)C1. The van der Waals surface area contributed by atoms with E-state index in [2.05, 4.69) is 17.3 Å². The van der Waals surface area contributed by atoms with Gasteiger partial charge in [0.05, 0.1) is 6.10 Å². The second-order valence-corrected chi connectivity index (χ2v) is 5.11. The summed E-state index contributed by atoms with van der Waals surface area (Å²) in [4.78, 5) is 14.2. The van der Waals surface area contributed by atoms with E-state index in [1.54, 1.807) is 7.11 Å². The third kappa shape index (κ3) is 2.74. The summed E-state index contributed by atoms with van der Waals surface area (Å²) in [6.45, 7) is 2.09. The fraction of sp³-hybridized carbons (Fsp3) is 0.917. The van der Waals surface area contributed by atoms with E-state index in [1.165, 1.54) is 0 Å². The van der Waals surface area contributed by atoms with Crippen LogP contribution in [0.25, 0.3) is 0 Å². The Kier molecular flexibility index (Phi) is 3.82. The predicted molar refractivity (Wildman–Crippen MR) is 62.2 cm³/mol. The van der Waals surface area contributed by atoms with Crippen molar-refractivity contribution in [3.63, 3.8) is 0 Å². The number of rotatable bonds is 3. The summed E-state index contributed by atoms with van der Waals surface area (Å²) in [6, 6.07) is 0.358. The predicted octanol–water partition coefficient (Wildman–Crippen LogP) is 0.622. The first-order valence-corrected chi connectivity index (χ1v) is 6.20. The lowest BCUT2D eigenvalue weighted by molar-refractivity contribution is -0.128. The van der Waals surface area contributed by atoms with E-state index in [0.717, 1.165) is 38.8 Å². The van der Waals surface area contributed by atoms with Gasteiger partial charge in [-0.05, 0) is 45.8 Å². The number of piperidine rings is 1. The topological polar surface area (TPSA) is 41.6 Å². The van der Waals surface area contributed by atoms with Gasteiger partial charge in [-0.25, -0.2) is 0 Å². The molecular weight excluding hydrogens is 204 g/mol. The molecule has 0 aromatic carbocycles. The van der Waals surface area contributed by atoms with E-state index in [1.807, 2.05) is 0 Å². The average Bonchev–Trinajstić information content (AvgIpc) is 2.23. The molecule has 4 nitrogen and oxygen atoms in total. The van der Waals surface area contributed by atoms with Crippen LogP contribution in [0.1, 0.15) is 25.7 Å². The molecule has 92 valence electrons. The van der Waals surface area contributed by atoms with Gasteiger partial charge in [-0.3, -0.25) is 4.79 Å². The summed E-state index contributed by atoms with van der Waals surface area (Å²) in [7, 11) is 3.85. The van der Waals surface area contributed by atoms with Gasteiger partial charge in [-0.15, -0.1) is 0 Å². The highest BCUT2D eigenvalue weighted by molar-refractivity contribution is 5.79. The smallest absolute Gasteiger partial charge is 0.223 e. The Morgan fingerprint density at radius 3 is 2.50 bits per heavy atom. The van der Waals surface area contributed by atoms with Gasteiger partial charge in [-0.1, -0.05) is 0 Å². The van der Waals surface area contributed by atoms with Gasteiger partial charge in [-0.2, -0.15) is 0 Å². The molecule has 0 unspecified atom stereocenters. The Balaban J connectivity index is 1.68. The number of likely N-dealkylation sites (tertiary alicyclic amines) is 1. The Morgan fingerprint density at radius 1 is 1.31 bits per heavy atom. The van der Waals surface area contributed by atoms with Crippen molar-refractivity contribution in [2.24, 2.45) is 5.92 Å². The fourth-order valence-corrected chi connectivity index (χ4v) is 2.47. The van der Waals surface area contributed by atoms with Gasteiger partial charge in [0.25, 0.3) is 0 Å². The van der Waals surface area contributed by atoms with Crippen LogP contribution in [0.15, 0.2) is 0 Å². The Hall–Kier alpha value is -0.610. The maximum absolute atomic E-state index is 11.9. The number of carbonyl (C=O) groups is 1. The molecule has 0 radical (unpaired) electrons. The zero-order valence-corrected chi connectivity index (χ0v) is 10.2. The number of carbonyl (C=O) groups excluding carboxylic acids is 1. The minimum atomic E-state index is 0.234. The first-order chi connectivity index (χ1) is 7.69. The second-order valence-electron chi connectivity index (χ2n) is 5.11. The van der Waals surface area contributed by atoms with Crippen LogP contribution in [0.3, 0.4) is 0 Å². The lowest BCUT2D eigenvalue weighted by Gasteiger charge is -2.36. The second kappa shape index (κ2) is 5.15. The van der Waals surface area contributed by atoms with Crippen molar-refractivity contribution < 1.29 is 9.53 Å². The zero-order chi connectivity index (χ0) is 11.5. The van der Waals surface area contributed by atoms with Crippen molar-refractivity contribution >= 4 is 5.91 Å². The number of amides is 1. The number of methoxy groups -OCH3 is 1. The number of nitrogens with zero attached hydrogens (tertiary/aromatic N) is 1. The minimum absolute atomic E-state index is 0.234. The molecule has 0 spiro atoms. The van der Waals surface area contributed by atoms with E-state index in [0.29, 0.717) is 12.1 Å². The summed E-state index contributed by atoms with van der Waals surface area (Å²) in [5.74, 6) is 0.491. The van der Waals surface area contributed by atoms with Crippen LogP contribution in [-0.2, 0) is 9.53 Å². The highest BCUT2D eigenvalue weighted by atomic mass is 16.5. The van der Waals surface area contributed by atoms with Crippen molar-refractivity contribution in [1.29, 1.82) is 0 Å². The van der Waals surface area contributed by atoms with E-state index in [9.17, 15) is 4.79 Å². The number of hydrogen-bond acceptors (Lipinski definition) is 3. The van der Waals surface area contributed by atoms with Crippen LogP contribution in [-0.4, -0.2) is 50.2 Å². The summed E-state index contributed by atoms with van der Waals surface area (Å²) in [6.07, 6.45) is 4.33. The van der Waals surface area contributed by atoms with E-state index in [4.69, 9.17) is 4.74 Å². The lowest BCUT2D eigenvalue weighted by Crippen LogP contribution is -2.50. The monoisotopic (exact) mass is 226 g/mol. The molecular formula is C12H22N2O2. The molecule has 4 heteroatoms. The largest absolute Gasteiger partial charge is 0.381 e. The fourth-order valence-electron chi connectivity index (χ4n) is 2.47. The summed E-state index contributed by atoms with van der Waals surface area (Å²) in [5.41, 5.74) is 0. The van der Waals surface area contributed by atoms with E-state index < -0.39 is 0 Å². The molecule has 1 heterocycles. The summed E-state index contributed by atoms with van der Waals surface area (Å²) < 4.78 is 5.20. The molecule has 0 bridgehead atoms. The van der Waals surface area contributed by atoms with Gasteiger partial charge in [0.1, 0.15) is 0 Å². The maximum atomic E-state index is 11.9. The van der Waals surface area contributed by atoms with Gasteiger partial charge in [0.15, 0.2) is 0 Å². The van der Waals surface area contributed by atoms with Crippen LogP contribution >= 0.6 is 0 Å². The molecule has 1 amide bonds. The van der Waals surface area contributed by atoms with Crippen LogP contribution in [0.2, 0.25) is 0 Å². The molecule has 0 aromatic rings. The van der Waals surface area contributed by atoms with Crippen molar-refractivity contribution in [3.8, 4) is 0 Å². The first kappa shape index (κ1) is 11.9. The summed E-state index contributed by atoms with van der Waals surface area (Å²) in [5, 5.41) is 3.13. The standard InChI is InChI=1S/C12H22N2O2/c1-14-5-3-9(4-6-14)12(15)13-10-7-11(8-10)16-2/h9-11H,3-8H2,1-2H3,(H,13,15). The van der Waals surface area contributed by atoms with Crippen molar-refractivity contribution in [2.45, 2.75) is 37.8 Å². The quantitative estimate of drug-likeness (QED) is 0.767. The maximum Gasteiger partial charge on any atom is 0.223 e. The van der Waals surface area contributed by atoms with Gasteiger partial charge in [0, 0.05) is 19.1 Å². The molecule has 0 atom stereocenters. The van der Waals surface area contributed by atoms with Gasteiger partial charge < -0.3 is 15.0 Å². The molecule has 0 aromatic heterocycles. The number of hydrogen-bond donors (Lipinski definition) is 1. The Morgan fingerprint density at radius 2 is 1.94 bits per heavy atom. The van der Waals surface area contributed by atoms with Crippen molar-refractivity contribution in [1.82, 2.24) is 10.2 Å². The molecule has 2 fully saturated rings. The highest BCUT2D eigenvalue weighted by Gasteiger charge is 2.32. The molecule has 1 aliphatic carbocycles. The van der Waals surface area contributed by atoms with E-state index >= 15 is 0 Å². The average molecular weight is 226 g/mol. The lowest BCUT2D eigenvalue weighted by atomic mass is 9.88.